The number of fused-ring (bicyclic) bond motifs is 2. The largest absolute Gasteiger partial charge is 0.493 e. The fraction of sp³-hybridized carbons (Fsp3) is 0.263. The number of rotatable bonds is 4. The molecular formula is C19H19N3O2. The van der Waals surface area contributed by atoms with Crippen molar-refractivity contribution >= 4 is 17.2 Å². The maximum absolute atomic E-state index is 5.85. The summed E-state index contributed by atoms with van der Waals surface area (Å²) in [7, 11) is 0. The number of aromatic nitrogens is 2. The highest BCUT2D eigenvalue weighted by Crippen LogP contribution is 2.34. The Balaban J connectivity index is 1.72. The fourth-order valence-electron chi connectivity index (χ4n) is 3.00. The van der Waals surface area contributed by atoms with E-state index in [1.807, 2.05) is 37.3 Å². The molecule has 0 saturated heterocycles. The lowest BCUT2D eigenvalue weighted by Crippen LogP contribution is -2.05. The maximum Gasteiger partial charge on any atom is 0.128 e. The van der Waals surface area contributed by atoms with Crippen molar-refractivity contribution in [2.24, 2.45) is 5.10 Å². The molecule has 122 valence electrons. The van der Waals surface area contributed by atoms with Crippen molar-refractivity contribution in [1.29, 1.82) is 0 Å². The van der Waals surface area contributed by atoms with Crippen LogP contribution in [0.5, 0.6) is 11.5 Å². The standard InChI is InChI=1S/C19H19N3O2/c1-3-23-18-9-14-8-13(2)24-19(14)10-15(18)11-21-22-12-20-16-6-4-5-7-17(16)22/h4-7,9-13H,3,8H2,1-2H3/b21-11-/t13-/m1/s1. The molecular weight excluding hydrogens is 302 g/mol. The lowest BCUT2D eigenvalue weighted by atomic mass is 10.1. The van der Waals surface area contributed by atoms with Gasteiger partial charge in [-0.25, -0.2) is 9.66 Å². The number of hydrogen-bond acceptors (Lipinski definition) is 4. The second-order valence-corrected chi connectivity index (χ2v) is 5.89. The summed E-state index contributed by atoms with van der Waals surface area (Å²) >= 11 is 0. The van der Waals surface area contributed by atoms with Crippen molar-refractivity contribution in [2.45, 2.75) is 26.4 Å². The zero-order valence-corrected chi connectivity index (χ0v) is 13.8. The molecule has 0 saturated carbocycles. The van der Waals surface area contributed by atoms with Crippen molar-refractivity contribution in [1.82, 2.24) is 9.66 Å². The molecule has 0 fully saturated rings. The molecule has 2 aromatic carbocycles. The van der Waals surface area contributed by atoms with Crippen molar-refractivity contribution < 1.29 is 9.47 Å². The van der Waals surface area contributed by atoms with Gasteiger partial charge in [0.15, 0.2) is 0 Å². The van der Waals surface area contributed by atoms with Gasteiger partial charge in [-0.3, -0.25) is 0 Å². The Kier molecular flexibility index (Phi) is 3.69. The molecule has 0 radical (unpaired) electrons. The summed E-state index contributed by atoms with van der Waals surface area (Å²) in [5.74, 6) is 1.75. The Morgan fingerprint density at radius 2 is 2.25 bits per heavy atom. The van der Waals surface area contributed by atoms with Gasteiger partial charge < -0.3 is 9.47 Å². The van der Waals surface area contributed by atoms with E-state index in [2.05, 4.69) is 23.1 Å². The first kappa shape index (κ1) is 14.8. The van der Waals surface area contributed by atoms with Crippen molar-refractivity contribution in [2.75, 3.05) is 6.61 Å². The highest BCUT2D eigenvalue weighted by atomic mass is 16.5. The van der Waals surface area contributed by atoms with Gasteiger partial charge in [-0.2, -0.15) is 5.10 Å². The van der Waals surface area contributed by atoms with Crippen LogP contribution < -0.4 is 9.47 Å². The molecule has 2 heterocycles. The topological polar surface area (TPSA) is 48.6 Å². The summed E-state index contributed by atoms with van der Waals surface area (Å²) in [5.41, 5.74) is 3.99. The van der Waals surface area contributed by atoms with Crippen LogP contribution in [0.3, 0.4) is 0 Å². The Morgan fingerprint density at radius 1 is 1.38 bits per heavy atom. The summed E-state index contributed by atoms with van der Waals surface area (Å²) in [6.45, 7) is 4.67. The first-order valence-corrected chi connectivity index (χ1v) is 8.17. The summed E-state index contributed by atoms with van der Waals surface area (Å²) in [6, 6.07) is 12.0. The molecule has 0 spiro atoms. The average Bonchev–Trinajstić information content (AvgIpc) is 3.15. The van der Waals surface area contributed by atoms with Crippen LogP contribution in [0, 0.1) is 0 Å². The van der Waals surface area contributed by atoms with E-state index >= 15 is 0 Å². The quantitative estimate of drug-likeness (QED) is 0.689. The van der Waals surface area contributed by atoms with Crippen LogP contribution in [-0.2, 0) is 6.42 Å². The van der Waals surface area contributed by atoms with E-state index in [9.17, 15) is 0 Å². The minimum Gasteiger partial charge on any atom is -0.493 e. The number of ether oxygens (including phenoxy) is 2. The van der Waals surface area contributed by atoms with Crippen LogP contribution in [0.2, 0.25) is 0 Å². The molecule has 0 bridgehead atoms. The number of benzene rings is 2. The molecule has 0 unspecified atom stereocenters. The zero-order chi connectivity index (χ0) is 16.5. The second kappa shape index (κ2) is 6.00. The Hall–Kier alpha value is -2.82. The van der Waals surface area contributed by atoms with Crippen LogP contribution in [-0.4, -0.2) is 28.6 Å². The van der Waals surface area contributed by atoms with Gasteiger partial charge in [0, 0.05) is 17.5 Å². The summed E-state index contributed by atoms with van der Waals surface area (Å²) in [5, 5.41) is 4.55. The predicted molar refractivity (Wildman–Crippen MR) is 94.1 cm³/mol. The molecule has 24 heavy (non-hydrogen) atoms. The van der Waals surface area contributed by atoms with E-state index in [0.717, 1.165) is 34.5 Å². The molecule has 0 N–H and O–H groups in total. The van der Waals surface area contributed by atoms with Gasteiger partial charge in [-0.05, 0) is 38.1 Å². The Morgan fingerprint density at radius 3 is 3.12 bits per heavy atom. The van der Waals surface area contributed by atoms with E-state index in [4.69, 9.17) is 9.47 Å². The van der Waals surface area contributed by atoms with E-state index in [1.54, 1.807) is 17.2 Å². The monoisotopic (exact) mass is 321 g/mol. The van der Waals surface area contributed by atoms with E-state index in [1.165, 1.54) is 5.56 Å². The summed E-state index contributed by atoms with van der Waals surface area (Å²) in [4.78, 5) is 4.35. The van der Waals surface area contributed by atoms with Crippen LogP contribution >= 0.6 is 0 Å². The van der Waals surface area contributed by atoms with Gasteiger partial charge in [0.05, 0.1) is 23.9 Å². The predicted octanol–water partition coefficient (Wildman–Crippen LogP) is 3.64. The van der Waals surface area contributed by atoms with Crippen LogP contribution in [0.1, 0.15) is 25.0 Å². The minimum atomic E-state index is 0.208. The van der Waals surface area contributed by atoms with Gasteiger partial charge in [-0.1, -0.05) is 12.1 Å². The summed E-state index contributed by atoms with van der Waals surface area (Å²) < 4.78 is 13.4. The fourth-order valence-corrected chi connectivity index (χ4v) is 3.00. The molecule has 1 aliphatic rings. The van der Waals surface area contributed by atoms with Gasteiger partial charge in [0.1, 0.15) is 23.9 Å². The highest BCUT2D eigenvalue weighted by Gasteiger charge is 2.21. The number of imidazole rings is 1. The van der Waals surface area contributed by atoms with Gasteiger partial charge in [0.2, 0.25) is 0 Å². The molecule has 4 rings (SSSR count). The molecule has 0 aliphatic carbocycles. The third-order valence-electron chi connectivity index (χ3n) is 4.08. The maximum atomic E-state index is 5.85. The number of hydrogen-bond donors (Lipinski definition) is 0. The first-order chi connectivity index (χ1) is 11.7. The smallest absolute Gasteiger partial charge is 0.128 e. The minimum absolute atomic E-state index is 0.208. The van der Waals surface area contributed by atoms with Crippen LogP contribution in [0.15, 0.2) is 47.8 Å². The number of para-hydroxylation sites is 2. The van der Waals surface area contributed by atoms with Gasteiger partial charge in [0.25, 0.3) is 0 Å². The molecule has 1 atom stereocenters. The van der Waals surface area contributed by atoms with Gasteiger partial charge >= 0.3 is 0 Å². The normalized spacial score (nSPS) is 16.5. The van der Waals surface area contributed by atoms with Crippen molar-refractivity contribution in [3.05, 3.63) is 53.9 Å². The summed E-state index contributed by atoms with van der Waals surface area (Å²) in [6.07, 6.45) is 4.64. The zero-order valence-electron chi connectivity index (χ0n) is 13.8. The Labute approximate surface area is 140 Å². The lowest BCUT2D eigenvalue weighted by molar-refractivity contribution is 0.254. The Bertz CT molecular complexity index is 914. The van der Waals surface area contributed by atoms with Crippen LogP contribution in [0.25, 0.3) is 11.0 Å². The molecule has 3 aromatic rings. The van der Waals surface area contributed by atoms with E-state index in [-0.39, 0.29) is 6.10 Å². The van der Waals surface area contributed by atoms with E-state index < -0.39 is 0 Å². The van der Waals surface area contributed by atoms with Crippen LogP contribution in [0.4, 0.5) is 0 Å². The molecule has 1 aliphatic heterocycles. The number of nitrogens with zero attached hydrogens (tertiary/aromatic N) is 3. The first-order valence-electron chi connectivity index (χ1n) is 8.17. The molecule has 1 aromatic heterocycles. The van der Waals surface area contributed by atoms with Gasteiger partial charge in [-0.15, -0.1) is 0 Å². The SMILES string of the molecule is CCOc1cc2c(cc1/C=N\n1cnc3ccccc31)O[C@H](C)C2. The molecule has 0 amide bonds. The van der Waals surface area contributed by atoms with E-state index in [0.29, 0.717) is 6.61 Å². The van der Waals surface area contributed by atoms with Crippen molar-refractivity contribution in [3.63, 3.8) is 0 Å². The molecule has 5 heteroatoms. The average molecular weight is 321 g/mol. The molecule has 5 nitrogen and oxygen atoms in total. The highest BCUT2D eigenvalue weighted by molar-refractivity contribution is 5.85. The lowest BCUT2D eigenvalue weighted by Gasteiger charge is -2.09. The third kappa shape index (κ3) is 2.62. The van der Waals surface area contributed by atoms with Crippen molar-refractivity contribution in [3.8, 4) is 11.5 Å². The third-order valence-corrected chi connectivity index (χ3v) is 4.08. The second-order valence-electron chi connectivity index (χ2n) is 5.89.